The van der Waals surface area contributed by atoms with Crippen LogP contribution in [0.25, 0.3) is 22.4 Å². The summed E-state index contributed by atoms with van der Waals surface area (Å²) in [4.78, 5) is 29.3. The van der Waals surface area contributed by atoms with Gasteiger partial charge in [0, 0.05) is 24.6 Å². The summed E-state index contributed by atoms with van der Waals surface area (Å²) in [6.07, 6.45) is 8.33. The number of carbonyl (C=O) groups is 1. The maximum absolute atomic E-state index is 12.7. The average molecular weight is 394 g/mol. The molecule has 0 spiro atoms. The molecule has 1 N–H and O–H groups in total. The molecule has 1 aliphatic rings. The predicted molar refractivity (Wildman–Crippen MR) is 111 cm³/mol. The maximum atomic E-state index is 12.7. The molecule has 4 rings (SSSR count). The molecular weight excluding hydrogens is 368 g/mol. The van der Waals surface area contributed by atoms with Crippen molar-refractivity contribution in [2.24, 2.45) is 0 Å². The van der Waals surface area contributed by atoms with Crippen molar-refractivity contribution in [3.05, 3.63) is 46.5 Å². The van der Waals surface area contributed by atoms with Gasteiger partial charge >= 0.3 is 0 Å². The minimum Gasteiger partial charge on any atom is -0.353 e. The fourth-order valence-corrected chi connectivity index (χ4v) is 3.87. The molecule has 1 aliphatic carbocycles. The number of aromatic nitrogens is 3. The summed E-state index contributed by atoms with van der Waals surface area (Å²) in [5.74, 6) is -0.0295. The van der Waals surface area contributed by atoms with Crippen molar-refractivity contribution in [2.75, 3.05) is 0 Å². The Bertz CT molecular complexity index is 1050. The Labute approximate surface area is 169 Å². The topological polar surface area (TPSA) is 90.0 Å². The molecule has 0 unspecified atom stereocenters. The molecule has 2 heterocycles. The first-order valence-electron chi connectivity index (χ1n) is 10.4. The molecule has 0 atom stereocenters. The van der Waals surface area contributed by atoms with Crippen molar-refractivity contribution in [3.8, 4) is 11.3 Å². The maximum Gasteiger partial charge on any atom is 0.299 e. The minimum absolute atomic E-state index is 0.0295. The van der Waals surface area contributed by atoms with E-state index in [0.717, 1.165) is 24.8 Å². The number of fused-ring (bicyclic) bond motifs is 1. The van der Waals surface area contributed by atoms with E-state index in [-0.39, 0.29) is 36.1 Å². The number of nitrogens with one attached hydrogen (secondary N) is 1. The van der Waals surface area contributed by atoms with Crippen LogP contribution >= 0.6 is 0 Å². The lowest BCUT2D eigenvalue weighted by Crippen LogP contribution is -2.37. The average Bonchev–Trinajstić information content (AvgIpc) is 3.19. The summed E-state index contributed by atoms with van der Waals surface area (Å²) >= 11 is 0. The van der Waals surface area contributed by atoms with Gasteiger partial charge < -0.3 is 9.84 Å². The molecule has 152 valence electrons. The van der Waals surface area contributed by atoms with Gasteiger partial charge in [0.15, 0.2) is 0 Å². The van der Waals surface area contributed by atoms with Gasteiger partial charge in [0.1, 0.15) is 11.2 Å². The van der Waals surface area contributed by atoms with E-state index < -0.39 is 0 Å². The molecule has 0 radical (unpaired) electrons. The molecule has 1 saturated carbocycles. The first-order chi connectivity index (χ1) is 14.2. The quantitative estimate of drug-likeness (QED) is 0.691. The molecule has 0 saturated heterocycles. The third-order valence-corrected chi connectivity index (χ3v) is 5.63. The van der Waals surface area contributed by atoms with Crippen LogP contribution in [-0.4, -0.2) is 26.7 Å². The molecule has 1 amide bonds. The SMILES string of the molecule is CCc1ccc(-c2noc3c(=O)n(CCC(=O)NC4CCCCC4)cnc23)cc1. The van der Waals surface area contributed by atoms with E-state index >= 15 is 0 Å². The van der Waals surface area contributed by atoms with Gasteiger partial charge in [0.05, 0.1) is 6.33 Å². The van der Waals surface area contributed by atoms with E-state index in [1.807, 2.05) is 24.3 Å². The van der Waals surface area contributed by atoms with Gasteiger partial charge in [-0.1, -0.05) is 55.6 Å². The Kier molecular flexibility index (Phi) is 5.74. The second kappa shape index (κ2) is 8.59. The van der Waals surface area contributed by atoms with Gasteiger partial charge in [-0.05, 0) is 24.8 Å². The van der Waals surface area contributed by atoms with E-state index in [1.165, 1.54) is 35.7 Å². The molecule has 2 aromatic heterocycles. The van der Waals surface area contributed by atoms with Crippen molar-refractivity contribution < 1.29 is 9.32 Å². The highest BCUT2D eigenvalue weighted by molar-refractivity contribution is 5.87. The van der Waals surface area contributed by atoms with Crippen LogP contribution in [0, 0.1) is 0 Å². The Balaban J connectivity index is 1.48. The number of hydrogen-bond acceptors (Lipinski definition) is 5. The zero-order chi connectivity index (χ0) is 20.2. The largest absolute Gasteiger partial charge is 0.353 e. The van der Waals surface area contributed by atoms with Crippen molar-refractivity contribution in [2.45, 2.75) is 64.5 Å². The molecule has 3 aromatic rings. The van der Waals surface area contributed by atoms with E-state index in [9.17, 15) is 9.59 Å². The van der Waals surface area contributed by atoms with Crippen molar-refractivity contribution in [1.29, 1.82) is 0 Å². The fourth-order valence-electron chi connectivity index (χ4n) is 3.87. The van der Waals surface area contributed by atoms with E-state index in [1.54, 1.807) is 0 Å². The zero-order valence-corrected chi connectivity index (χ0v) is 16.7. The Hall–Kier alpha value is -2.96. The summed E-state index contributed by atoms with van der Waals surface area (Å²) in [6.45, 7) is 2.36. The van der Waals surface area contributed by atoms with E-state index in [4.69, 9.17) is 4.52 Å². The number of benzene rings is 1. The molecular formula is C22H26N4O3. The molecule has 7 nitrogen and oxygen atoms in total. The third kappa shape index (κ3) is 4.23. The Morgan fingerprint density at radius 2 is 1.97 bits per heavy atom. The summed E-state index contributed by atoms with van der Waals surface area (Å²) in [6, 6.07) is 8.24. The van der Waals surface area contributed by atoms with Gasteiger partial charge in [0.2, 0.25) is 5.91 Å². The number of carbonyl (C=O) groups excluding carboxylic acids is 1. The van der Waals surface area contributed by atoms with Crippen LogP contribution in [0.3, 0.4) is 0 Å². The molecule has 1 fully saturated rings. The van der Waals surface area contributed by atoms with Crippen LogP contribution in [0.15, 0.2) is 39.9 Å². The highest BCUT2D eigenvalue weighted by Crippen LogP contribution is 2.25. The van der Waals surface area contributed by atoms with Crippen molar-refractivity contribution in [1.82, 2.24) is 20.0 Å². The number of nitrogens with zero attached hydrogens (tertiary/aromatic N) is 3. The zero-order valence-electron chi connectivity index (χ0n) is 16.7. The summed E-state index contributed by atoms with van der Waals surface area (Å²) < 4.78 is 6.73. The molecule has 1 aromatic carbocycles. The minimum atomic E-state index is -0.315. The highest BCUT2D eigenvalue weighted by atomic mass is 16.5. The Morgan fingerprint density at radius 3 is 2.69 bits per heavy atom. The van der Waals surface area contributed by atoms with E-state index in [0.29, 0.717) is 11.2 Å². The molecule has 7 heteroatoms. The van der Waals surface area contributed by atoms with Crippen molar-refractivity contribution >= 4 is 17.0 Å². The molecule has 29 heavy (non-hydrogen) atoms. The second-order valence-corrected chi connectivity index (χ2v) is 7.65. The fraction of sp³-hybridized carbons (Fsp3) is 0.455. The molecule has 0 aliphatic heterocycles. The highest BCUT2D eigenvalue weighted by Gasteiger charge is 2.18. The first-order valence-corrected chi connectivity index (χ1v) is 10.4. The lowest BCUT2D eigenvalue weighted by atomic mass is 9.95. The smallest absolute Gasteiger partial charge is 0.299 e. The van der Waals surface area contributed by atoms with Gasteiger partial charge in [0.25, 0.3) is 11.1 Å². The van der Waals surface area contributed by atoms with Gasteiger partial charge in [-0.3, -0.25) is 14.2 Å². The van der Waals surface area contributed by atoms with Crippen LogP contribution < -0.4 is 10.9 Å². The van der Waals surface area contributed by atoms with Crippen LogP contribution in [-0.2, 0) is 17.8 Å². The van der Waals surface area contributed by atoms with Crippen LogP contribution in [0.1, 0.15) is 51.0 Å². The van der Waals surface area contributed by atoms with E-state index in [2.05, 4.69) is 22.4 Å². The monoisotopic (exact) mass is 394 g/mol. The number of aryl methyl sites for hydroxylation is 2. The first kappa shape index (κ1) is 19.4. The van der Waals surface area contributed by atoms with Crippen LogP contribution in [0.5, 0.6) is 0 Å². The second-order valence-electron chi connectivity index (χ2n) is 7.65. The number of rotatable bonds is 6. The van der Waals surface area contributed by atoms with Crippen LogP contribution in [0.2, 0.25) is 0 Å². The van der Waals surface area contributed by atoms with Gasteiger partial charge in [-0.25, -0.2) is 4.98 Å². The normalized spacial score (nSPS) is 14.9. The van der Waals surface area contributed by atoms with Gasteiger partial charge in [-0.15, -0.1) is 0 Å². The summed E-state index contributed by atoms with van der Waals surface area (Å²) in [5.41, 5.74) is 2.89. The lowest BCUT2D eigenvalue weighted by molar-refractivity contribution is -0.122. The van der Waals surface area contributed by atoms with Gasteiger partial charge in [-0.2, -0.15) is 0 Å². The number of amides is 1. The standard InChI is InChI=1S/C22H26N4O3/c1-2-15-8-10-16(11-9-15)19-20-21(29-25-19)22(28)26(14-23-20)13-12-18(27)24-17-6-4-3-5-7-17/h8-11,14,17H,2-7,12-13H2,1H3,(H,24,27). The lowest BCUT2D eigenvalue weighted by Gasteiger charge is -2.22. The third-order valence-electron chi connectivity index (χ3n) is 5.63. The predicted octanol–water partition coefficient (Wildman–Crippen LogP) is 3.45. The van der Waals surface area contributed by atoms with Crippen LogP contribution in [0.4, 0.5) is 0 Å². The molecule has 0 bridgehead atoms. The summed E-state index contributed by atoms with van der Waals surface area (Å²) in [7, 11) is 0. The van der Waals surface area contributed by atoms with Crippen molar-refractivity contribution in [3.63, 3.8) is 0 Å². The Morgan fingerprint density at radius 1 is 1.21 bits per heavy atom. The summed E-state index contributed by atoms with van der Waals surface area (Å²) in [5, 5.41) is 7.14. The number of hydrogen-bond donors (Lipinski definition) is 1.